The van der Waals surface area contributed by atoms with Gasteiger partial charge in [0.05, 0.1) is 21.7 Å². The molecule has 33 heavy (non-hydrogen) atoms. The van der Waals surface area contributed by atoms with Gasteiger partial charge in [0.25, 0.3) is 21.8 Å². The van der Waals surface area contributed by atoms with Crippen molar-refractivity contribution < 1.29 is 26.8 Å². The Morgan fingerprint density at radius 3 is 2.18 bits per heavy atom. The highest BCUT2D eigenvalue weighted by atomic mass is 35.5. The van der Waals surface area contributed by atoms with Gasteiger partial charge in [0, 0.05) is 31.9 Å². The number of furan rings is 1. The number of sulfonamides is 1. The quantitative estimate of drug-likeness (QED) is 0.589. The van der Waals surface area contributed by atoms with E-state index in [0.717, 1.165) is 12.1 Å². The van der Waals surface area contributed by atoms with Crippen LogP contribution in [0, 0.1) is 5.82 Å². The first-order valence-electron chi connectivity index (χ1n) is 9.94. The highest BCUT2D eigenvalue weighted by Gasteiger charge is 2.28. The summed E-state index contributed by atoms with van der Waals surface area (Å²) in [5.41, 5.74) is 0.209. The van der Waals surface area contributed by atoms with Crippen LogP contribution in [0.3, 0.4) is 0 Å². The zero-order valence-electron chi connectivity index (χ0n) is 17.2. The minimum Gasteiger partial charge on any atom is -0.459 e. The Balaban J connectivity index is 1.48. The minimum absolute atomic E-state index is 0.0319. The second-order valence-electron chi connectivity index (χ2n) is 7.32. The van der Waals surface area contributed by atoms with E-state index in [1.165, 1.54) is 41.5 Å². The first kappa shape index (κ1) is 22.8. The lowest BCUT2D eigenvalue weighted by Crippen LogP contribution is -2.50. The number of nitrogens with one attached hydrogen (secondary N) is 1. The summed E-state index contributed by atoms with van der Waals surface area (Å²) in [5.74, 6) is -0.971. The molecular formula is C22H19ClFN3O5S. The lowest BCUT2D eigenvalue weighted by Gasteiger charge is -2.34. The van der Waals surface area contributed by atoms with Crippen LogP contribution in [-0.4, -0.2) is 56.2 Å². The Hall–Kier alpha value is -3.37. The Bertz CT molecular complexity index is 1270. The Morgan fingerprint density at radius 2 is 1.58 bits per heavy atom. The van der Waals surface area contributed by atoms with Crippen LogP contribution in [0.5, 0.6) is 0 Å². The highest BCUT2D eigenvalue weighted by Crippen LogP contribution is 2.24. The SMILES string of the molecule is O=C(c1ccco1)N1CCN(C(=O)c2cc(S(=O)(=O)Nc3ccc(F)cc3)ccc2Cl)CC1. The summed E-state index contributed by atoms with van der Waals surface area (Å²) >= 11 is 6.20. The van der Waals surface area contributed by atoms with Gasteiger partial charge < -0.3 is 14.2 Å². The fourth-order valence-electron chi connectivity index (χ4n) is 3.41. The summed E-state index contributed by atoms with van der Waals surface area (Å²) in [6, 6.07) is 11.9. The fraction of sp³-hybridized carbons (Fsp3) is 0.182. The van der Waals surface area contributed by atoms with Gasteiger partial charge in [0.2, 0.25) is 0 Å². The van der Waals surface area contributed by atoms with Crippen LogP contribution in [0.4, 0.5) is 10.1 Å². The molecule has 1 N–H and O–H groups in total. The molecule has 0 radical (unpaired) electrons. The van der Waals surface area contributed by atoms with E-state index in [4.69, 9.17) is 16.0 Å². The number of nitrogens with zero attached hydrogens (tertiary/aromatic N) is 2. The van der Waals surface area contributed by atoms with Gasteiger partial charge in [-0.15, -0.1) is 0 Å². The summed E-state index contributed by atoms with van der Waals surface area (Å²) in [7, 11) is -4.04. The van der Waals surface area contributed by atoms with Gasteiger partial charge >= 0.3 is 0 Å². The molecule has 4 rings (SSSR count). The van der Waals surface area contributed by atoms with Crippen LogP contribution in [0.15, 0.2) is 70.2 Å². The number of halogens is 2. The molecule has 3 aromatic rings. The standard InChI is InChI=1S/C22H19ClFN3O5S/c23-19-8-7-17(33(30,31)25-16-5-3-15(24)4-6-16)14-18(19)21(28)26-9-11-27(12-10-26)22(29)20-2-1-13-32-20/h1-8,13-14,25H,9-12H2. The molecule has 172 valence electrons. The maximum atomic E-state index is 13.1. The maximum absolute atomic E-state index is 13.1. The molecule has 0 atom stereocenters. The molecule has 1 saturated heterocycles. The van der Waals surface area contributed by atoms with Crippen LogP contribution < -0.4 is 4.72 Å². The van der Waals surface area contributed by atoms with Crippen LogP contribution in [0.1, 0.15) is 20.9 Å². The van der Waals surface area contributed by atoms with Crippen LogP contribution in [-0.2, 0) is 10.0 Å². The Kier molecular flexibility index (Phi) is 6.39. The molecule has 0 saturated carbocycles. The topological polar surface area (TPSA) is 99.9 Å². The first-order chi connectivity index (χ1) is 15.7. The molecule has 0 spiro atoms. The molecule has 0 aliphatic carbocycles. The number of piperazine rings is 1. The van der Waals surface area contributed by atoms with E-state index in [1.807, 2.05) is 0 Å². The average molecular weight is 492 g/mol. The van der Waals surface area contributed by atoms with Crippen molar-refractivity contribution in [2.75, 3.05) is 30.9 Å². The fourth-order valence-corrected chi connectivity index (χ4v) is 4.69. The van der Waals surface area contributed by atoms with Crippen molar-refractivity contribution in [1.82, 2.24) is 9.80 Å². The molecule has 1 aliphatic heterocycles. The number of hydrogen-bond acceptors (Lipinski definition) is 5. The van der Waals surface area contributed by atoms with Crippen molar-refractivity contribution in [1.29, 1.82) is 0 Å². The van der Waals surface area contributed by atoms with Crippen molar-refractivity contribution in [3.05, 3.63) is 83.0 Å². The lowest BCUT2D eigenvalue weighted by molar-refractivity contribution is 0.0518. The van der Waals surface area contributed by atoms with E-state index in [-0.39, 0.29) is 45.9 Å². The minimum atomic E-state index is -4.04. The Labute approximate surface area is 194 Å². The lowest BCUT2D eigenvalue weighted by atomic mass is 10.1. The second-order valence-corrected chi connectivity index (χ2v) is 9.41. The summed E-state index contributed by atoms with van der Waals surface area (Å²) in [6.45, 7) is 1.11. The molecule has 1 aromatic heterocycles. The molecule has 1 aliphatic rings. The van der Waals surface area contributed by atoms with E-state index in [9.17, 15) is 22.4 Å². The molecule has 2 amide bonds. The van der Waals surface area contributed by atoms with Crippen molar-refractivity contribution in [2.24, 2.45) is 0 Å². The molecule has 0 bridgehead atoms. The van der Waals surface area contributed by atoms with Gasteiger partial charge in [-0.05, 0) is 54.6 Å². The number of amides is 2. The van der Waals surface area contributed by atoms with E-state index in [0.29, 0.717) is 13.1 Å². The number of carbonyl (C=O) groups is 2. The third-order valence-electron chi connectivity index (χ3n) is 5.16. The van der Waals surface area contributed by atoms with Gasteiger partial charge in [-0.3, -0.25) is 14.3 Å². The van der Waals surface area contributed by atoms with Crippen molar-refractivity contribution in [3.63, 3.8) is 0 Å². The van der Waals surface area contributed by atoms with Crippen LogP contribution >= 0.6 is 11.6 Å². The van der Waals surface area contributed by atoms with E-state index < -0.39 is 21.7 Å². The Morgan fingerprint density at radius 1 is 0.939 bits per heavy atom. The largest absolute Gasteiger partial charge is 0.459 e. The summed E-state index contributed by atoms with van der Waals surface area (Å²) in [4.78, 5) is 28.4. The number of carbonyl (C=O) groups excluding carboxylic acids is 2. The van der Waals surface area contributed by atoms with Gasteiger partial charge in [0.1, 0.15) is 5.82 Å². The van der Waals surface area contributed by atoms with E-state index >= 15 is 0 Å². The summed E-state index contributed by atoms with van der Waals surface area (Å²) < 4.78 is 46.1. The monoisotopic (exact) mass is 491 g/mol. The predicted molar refractivity (Wildman–Crippen MR) is 119 cm³/mol. The molecule has 0 unspecified atom stereocenters. The van der Waals surface area contributed by atoms with Crippen LogP contribution in [0.2, 0.25) is 5.02 Å². The molecule has 2 heterocycles. The van der Waals surface area contributed by atoms with Gasteiger partial charge in [-0.25, -0.2) is 12.8 Å². The second kappa shape index (κ2) is 9.24. The van der Waals surface area contributed by atoms with Gasteiger partial charge in [-0.1, -0.05) is 11.6 Å². The number of hydrogen-bond donors (Lipinski definition) is 1. The average Bonchev–Trinajstić information content (AvgIpc) is 3.35. The molecular weight excluding hydrogens is 473 g/mol. The van der Waals surface area contributed by atoms with Gasteiger partial charge in [-0.2, -0.15) is 0 Å². The molecule has 2 aromatic carbocycles. The van der Waals surface area contributed by atoms with E-state index in [2.05, 4.69) is 4.72 Å². The number of anilines is 1. The van der Waals surface area contributed by atoms with E-state index in [1.54, 1.807) is 17.0 Å². The predicted octanol–water partition coefficient (Wildman–Crippen LogP) is 3.47. The molecule has 8 nitrogen and oxygen atoms in total. The third kappa shape index (κ3) is 5.01. The highest BCUT2D eigenvalue weighted by molar-refractivity contribution is 7.92. The normalized spacial score (nSPS) is 14.2. The zero-order valence-corrected chi connectivity index (χ0v) is 18.8. The number of rotatable bonds is 5. The van der Waals surface area contributed by atoms with Crippen molar-refractivity contribution in [3.8, 4) is 0 Å². The number of benzene rings is 2. The zero-order chi connectivity index (χ0) is 23.6. The molecule has 1 fully saturated rings. The van der Waals surface area contributed by atoms with Gasteiger partial charge in [0.15, 0.2) is 5.76 Å². The first-order valence-corrected chi connectivity index (χ1v) is 11.8. The van der Waals surface area contributed by atoms with Crippen molar-refractivity contribution in [2.45, 2.75) is 4.90 Å². The maximum Gasteiger partial charge on any atom is 0.289 e. The molecule has 11 heteroatoms. The smallest absolute Gasteiger partial charge is 0.289 e. The van der Waals surface area contributed by atoms with Crippen molar-refractivity contribution >= 4 is 39.1 Å². The summed E-state index contributed by atoms with van der Waals surface area (Å²) in [5, 5.41) is 0.106. The van der Waals surface area contributed by atoms with Crippen LogP contribution in [0.25, 0.3) is 0 Å². The summed E-state index contributed by atoms with van der Waals surface area (Å²) in [6.07, 6.45) is 1.42. The third-order valence-corrected chi connectivity index (χ3v) is 6.87.